The van der Waals surface area contributed by atoms with Crippen molar-refractivity contribution in [2.75, 3.05) is 0 Å². The molecule has 0 radical (unpaired) electrons. The summed E-state index contributed by atoms with van der Waals surface area (Å²) in [5.41, 5.74) is 0.191. The van der Waals surface area contributed by atoms with E-state index in [2.05, 4.69) is 9.97 Å². The van der Waals surface area contributed by atoms with Crippen LogP contribution in [0.2, 0.25) is 5.15 Å². The molecule has 0 bridgehead atoms. The van der Waals surface area contributed by atoms with Crippen molar-refractivity contribution in [1.29, 1.82) is 0 Å². The van der Waals surface area contributed by atoms with Crippen molar-refractivity contribution in [2.45, 2.75) is 4.90 Å². The predicted molar refractivity (Wildman–Crippen MR) is 77.0 cm³/mol. The van der Waals surface area contributed by atoms with Gasteiger partial charge < -0.3 is 0 Å². The normalized spacial score (nSPS) is 11.7. The van der Waals surface area contributed by atoms with Gasteiger partial charge in [-0.05, 0) is 12.1 Å². The quantitative estimate of drug-likeness (QED) is 0.545. The lowest BCUT2D eigenvalue weighted by Crippen LogP contribution is -2.12. The highest BCUT2D eigenvalue weighted by Gasteiger charge is 2.23. The number of aromatic nitrogens is 3. The zero-order valence-corrected chi connectivity index (χ0v) is 12.0. The minimum absolute atomic E-state index is 0.0316. The van der Waals surface area contributed by atoms with E-state index in [1.165, 1.54) is 18.3 Å². The second-order valence-electron chi connectivity index (χ2n) is 4.18. The van der Waals surface area contributed by atoms with Crippen LogP contribution in [0.1, 0.15) is 10.4 Å². The van der Waals surface area contributed by atoms with E-state index in [0.717, 1.165) is 10.3 Å². The van der Waals surface area contributed by atoms with E-state index in [1.54, 1.807) is 18.2 Å². The largest absolute Gasteiger partial charge is 0.298 e. The van der Waals surface area contributed by atoms with E-state index in [9.17, 15) is 13.2 Å². The molecule has 0 aliphatic carbocycles. The monoisotopic (exact) mass is 321 g/mol. The maximum atomic E-state index is 12.6. The predicted octanol–water partition coefficient (Wildman–Crippen LogP) is 2.13. The number of aldehydes is 1. The van der Waals surface area contributed by atoms with Crippen LogP contribution < -0.4 is 0 Å². The van der Waals surface area contributed by atoms with Crippen molar-refractivity contribution in [3.8, 4) is 0 Å². The van der Waals surface area contributed by atoms with E-state index < -0.39 is 10.0 Å². The third-order valence-electron chi connectivity index (χ3n) is 2.96. The molecule has 1 aromatic carbocycles. The van der Waals surface area contributed by atoms with Crippen molar-refractivity contribution in [3.05, 3.63) is 53.6 Å². The molecule has 0 unspecified atom stereocenters. The van der Waals surface area contributed by atoms with Crippen LogP contribution in [-0.4, -0.2) is 28.6 Å². The molecule has 2 aromatic heterocycles. The van der Waals surface area contributed by atoms with Gasteiger partial charge >= 0.3 is 0 Å². The molecule has 0 saturated carbocycles. The van der Waals surface area contributed by atoms with Crippen LogP contribution in [-0.2, 0) is 10.0 Å². The van der Waals surface area contributed by atoms with Crippen molar-refractivity contribution in [1.82, 2.24) is 13.9 Å². The Morgan fingerprint density at radius 2 is 1.86 bits per heavy atom. The zero-order valence-electron chi connectivity index (χ0n) is 10.5. The second-order valence-corrected chi connectivity index (χ2v) is 6.35. The molecule has 0 fully saturated rings. The summed E-state index contributed by atoms with van der Waals surface area (Å²) in [6, 6.07) is 7.86. The molecule has 8 heteroatoms. The van der Waals surface area contributed by atoms with Gasteiger partial charge in [0, 0.05) is 11.8 Å². The molecule has 0 aliphatic rings. The van der Waals surface area contributed by atoms with E-state index in [-0.39, 0.29) is 26.6 Å². The lowest BCUT2D eigenvalue weighted by Gasteiger charge is -2.06. The number of carbonyl (C=O) groups is 1. The summed E-state index contributed by atoms with van der Waals surface area (Å²) in [5.74, 6) is 0. The third kappa shape index (κ3) is 2.10. The van der Waals surface area contributed by atoms with Crippen LogP contribution in [0.15, 0.2) is 47.8 Å². The standard InChI is InChI=1S/C13H8ClN3O3S/c14-12-11-9(7-18)6-17(13(11)16-8-15-12)21(19,20)10-4-2-1-3-5-10/h1-8H. The number of hydrogen-bond donors (Lipinski definition) is 0. The first-order valence-electron chi connectivity index (χ1n) is 5.83. The zero-order chi connectivity index (χ0) is 15.0. The van der Waals surface area contributed by atoms with Crippen LogP contribution in [0.5, 0.6) is 0 Å². The van der Waals surface area contributed by atoms with Gasteiger partial charge in [0.15, 0.2) is 11.9 Å². The highest BCUT2D eigenvalue weighted by Crippen LogP contribution is 2.27. The summed E-state index contributed by atoms with van der Waals surface area (Å²) in [4.78, 5) is 18.9. The highest BCUT2D eigenvalue weighted by molar-refractivity contribution is 7.90. The Bertz CT molecular complexity index is 936. The van der Waals surface area contributed by atoms with Gasteiger partial charge in [0.2, 0.25) is 0 Å². The minimum atomic E-state index is -3.86. The second kappa shape index (κ2) is 4.94. The SMILES string of the molecule is O=Cc1cn(S(=O)(=O)c2ccccc2)c2ncnc(Cl)c12. The van der Waals surface area contributed by atoms with Gasteiger partial charge in [-0.15, -0.1) is 0 Å². The van der Waals surface area contributed by atoms with Crippen molar-refractivity contribution < 1.29 is 13.2 Å². The molecular formula is C13H8ClN3O3S. The van der Waals surface area contributed by atoms with Crippen molar-refractivity contribution in [3.63, 3.8) is 0 Å². The molecule has 3 aromatic rings. The van der Waals surface area contributed by atoms with Crippen molar-refractivity contribution in [2.24, 2.45) is 0 Å². The Hall–Kier alpha value is -2.25. The molecule has 0 N–H and O–H groups in total. The van der Waals surface area contributed by atoms with Gasteiger partial charge in [-0.1, -0.05) is 29.8 Å². The molecule has 6 nitrogen and oxygen atoms in total. The minimum Gasteiger partial charge on any atom is -0.298 e. The van der Waals surface area contributed by atoms with Gasteiger partial charge in [-0.2, -0.15) is 0 Å². The molecule has 21 heavy (non-hydrogen) atoms. The maximum Gasteiger partial charge on any atom is 0.269 e. The van der Waals surface area contributed by atoms with Crippen LogP contribution in [0.3, 0.4) is 0 Å². The number of nitrogens with zero attached hydrogens (tertiary/aromatic N) is 3. The van der Waals surface area contributed by atoms with E-state index in [1.807, 2.05) is 0 Å². The molecular weight excluding hydrogens is 314 g/mol. The summed E-state index contributed by atoms with van der Waals surface area (Å²) in [7, 11) is -3.86. The van der Waals surface area contributed by atoms with Crippen LogP contribution in [0.25, 0.3) is 11.0 Å². The molecule has 106 valence electrons. The van der Waals surface area contributed by atoms with Crippen LogP contribution in [0.4, 0.5) is 0 Å². The van der Waals surface area contributed by atoms with Gasteiger partial charge in [-0.25, -0.2) is 22.4 Å². The smallest absolute Gasteiger partial charge is 0.269 e. The summed E-state index contributed by atoms with van der Waals surface area (Å²) >= 11 is 5.93. The first-order chi connectivity index (χ1) is 10.1. The number of hydrogen-bond acceptors (Lipinski definition) is 5. The Morgan fingerprint density at radius 3 is 2.52 bits per heavy atom. The maximum absolute atomic E-state index is 12.6. The first kappa shape index (κ1) is 13.7. The van der Waals surface area contributed by atoms with E-state index in [4.69, 9.17) is 11.6 Å². The fraction of sp³-hybridized carbons (Fsp3) is 0. The molecule has 0 atom stereocenters. The number of fused-ring (bicyclic) bond motifs is 1. The van der Waals surface area contributed by atoms with Gasteiger partial charge in [-0.3, -0.25) is 4.79 Å². The lowest BCUT2D eigenvalue weighted by molar-refractivity contribution is 0.112. The van der Waals surface area contributed by atoms with Crippen LogP contribution >= 0.6 is 11.6 Å². The fourth-order valence-electron chi connectivity index (χ4n) is 2.00. The molecule has 3 rings (SSSR count). The molecule has 0 amide bonds. The fourth-order valence-corrected chi connectivity index (χ4v) is 3.59. The summed E-state index contributed by atoms with van der Waals surface area (Å²) in [6.07, 6.45) is 2.87. The Balaban J connectivity index is 2.37. The topological polar surface area (TPSA) is 81.9 Å². The summed E-state index contributed by atoms with van der Waals surface area (Å²) in [5, 5.41) is 0.248. The van der Waals surface area contributed by atoms with Gasteiger partial charge in [0.25, 0.3) is 10.0 Å². The molecule has 0 spiro atoms. The van der Waals surface area contributed by atoms with Gasteiger partial charge in [0.1, 0.15) is 11.5 Å². The number of carbonyl (C=O) groups excluding carboxylic acids is 1. The molecule has 2 heterocycles. The number of benzene rings is 1. The Labute approximate surface area is 125 Å². The summed E-state index contributed by atoms with van der Waals surface area (Å²) < 4.78 is 26.2. The average molecular weight is 322 g/mol. The highest BCUT2D eigenvalue weighted by atomic mass is 35.5. The average Bonchev–Trinajstić information content (AvgIpc) is 2.89. The van der Waals surface area contributed by atoms with E-state index >= 15 is 0 Å². The lowest BCUT2D eigenvalue weighted by atomic mass is 10.3. The number of halogens is 1. The van der Waals surface area contributed by atoms with Gasteiger partial charge in [0.05, 0.1) is 10.3 Å². The number of rotatable bonds is 3. The third-order valence-corrected chi connectivity index (χ3v) is 4.91. The first-order valence-corrected chi connectivity index (χ1v) is 7.65. The summed E-state index contributed by atoms with van der Waals surface area (Å²) in [6.45, 7) is 0. The van der Waals surface area contributed by atoms with Crippen molar-refractivity contribution >= 4 is 38.9 Å². The van der Waals surface area contributed by atoms with E-state index in [0.29, 0.717) is 6.29 Å². The van der Waals surface area contributed by atoms with Crippen LogP contribution in [0, 0.1) is 0 Å². The molecule has 0 aliphatic heterocycles. The Kier molecular flexibility index (Phi) is 3.23. The Morgan fingerprint density at radius 1 is 1.14 bits per heavy atom. The molecule has 0 saturated heterocycles.